The third-order valence-corrected chi connectivity index (χ3v) is 8.53. The van der Waals surface area contributed by atoms with Crippen LogP contribution in [0.4, 0.5) is 19.0 Å². The van der Waals surface area contributed by atoms with Gasteiger partial charge in [-0.05, 0) is 50.8 Å². The summed E-state index contributed by atoms with van der Waals surface area (Å²) in [5.41, 5.74) is -1.05. The monoisotopic (exact) mass is 452 g/mol. The van der Waals surface area contributed by atoms with E-state index in [0.29, 0.717) is 37.5 Å². The molecule has 3 unspecified atom stereocenters. The zero-order valence-electron chi connectivity index (χ0n) is 18.6. The quantitative estimate of drug-likeness (QED) is 0.706. The van der Waals surface area contributed by atoms with Crippen LogP contribution in [0.5, 0.6) is 0 Å². The van der Waals surface area contributed by atoms with Crippen molar-refractivity contribution in [1.29, 1.82) is 0 Å². The molecule has 3 aliphatic heterocycles. The third kappa shape index (κ3) is 3.48. The molecule has 4 aliphatic rings. The number of carbonyl (C=O) groups excluding carboxylic acids is 1. The van der Waals surface area contributed by atoms with E-state index in [-0.39, 0.29) is 23.3 Å². The van der Waals surface area contributed by atoms with Gasteiger partial charge in [0.2, 0.25) is 5.91 Å². The van der Waals surface area contributed by atoms with Crippen molar-refractivity contribution in [2.45, 2.75) is 56.9 Å². The fourth-order valence-electron chi connectivity index (χ4n) is 6.46. The van der Waals surface area contributed by atoms with Gasteiger partial charge in [-0.25, -0.2) is 4.98 Å². The van der Waals surface area contributed by atoms with Crippen LogP contribution >= 0.6 is 0 Å². The largest absolute Gasteiger partial charge is 0.416 e. The minimum absolute atomic E-state index is 0.00598. The second-order valence-corrected chi connectivity index (χ2v) is 9.94. The molecule has 0 radical (unpaired) electrons. The molecular formula is C23H31F3N4O2. The van der Waals surface area contributed by atoms with E-state index in [1.807, 2.05) is 9.80 Å². The molecule has 0 bridgehead atoms. The molecule has 9 heteroatoms. The number of amides is 1. The van der Waals surface area contributed by atoms with Crippen molar-refractivity contribution in [2.75, 3.05) is 44.8 Å². The highest BCUT2D eigenvalue weighted by Crippen LogP contribution is 2.54. The molecule has 1 aromatic heterocycles. The molecule has 176 valence electrons. The number of pyridine rings is 1. The van der Waals surface area contributed by atoms with Crippen molar-refractivity contribution < 1.29 is 22.7 Å². The summed E-state index contributed by atoms with van der Waals surface area (Å²) in [6.07, 6.45) is 0.605. The lowest BCUT2D eigenvalue weighted by molar-refractivity contribution is -0.138. The first-order valence-electron chi connectivity index (χ1n) is 11.6. The highest BCUT2D eigenvalue weighted by Gasteiger charge is 2.61. The van der Waals surface area contributed by atoms with Crippen LogP contribution < -0.4 is 4.90 Å². The van der Waals surface area contributed by atoms with Gasteiger partial charge in [0.15, 0.2) is 0 Å². The van der Waals surface area contributed by atoms with Gasteiger partial charge in [0.25, 0.3) is 0 Å². The maximum Gasteiger partial charge on any atom is 0.416 e. The molecule has 5 atom stereocenters. The Bertz CT molecular complexity index is 875. The Kier molecular flexibility index (Phi) is 5.40. The summed E-state index contributed by atoms with van der Waals surface area (Å²) >= 11 is 0. The number of hydrogen-bond acceptors (Lipinski definition) is 5. The van der Waals surface area contributed by atoms with Crippen LogP contribution in [-0.4, -0.2) is 78.7 Å². The number of rotatable bonds is 3. The number of hydrogen-bond donors (Lipinski definition) is 0. The SMILES string of the molecule is CC1C2CN(c3cc(C(F)(F)F)ccn3)CCN2C(=O)[C@]12CC[C@@H](N(C)C1CCOC1)C2. The molecule has 1 saturated carbocycles. The van der Waals surface area contributed by atoms with Crippen LogP contribution in [-0.2, 0) is 15.7 Å². The summed E-state index contributed by atoms with van der Waals surface area (Å²) in [6, 6.07) is 2.92. The molecule has 6 nitrogen and oxygen atoms in total. The first-order valence-corrected chi connectivity index (χ1v) is 11.6. The standard InChI is InChI=1S/C23H31F3N4O2/c1-15-19-13-29(20-11-16(4-7-27-20)23(24,25)26)8-9-30(19)21(31)22(15)6-3-17(12-22)28(2)18-5-10-32-14-18/h4,7,11,15,17-19H,3,5-6,8-10,12-14H2,1-2H3/t15?,17-,18?,19?,22+/m1/s1. The van der Waals surface area contributed by atoms with Crippen molar-refractivity contribution in [3.63, 3.8) is 0 Å². The van der Waals surface area contributed by atoms with Crippen LogP contribution in [0.3, 0.4) is 0 Å². The number of aromatic nitrogens is 1. The molecule has 1 spiro atoms. The number of carbonyl (C=O) groups is 1. The van der Waals surface area contributed by atoms with Gasteiger partial charge in [0.1, 0.15) is 5.82 Å². The van der Waals surface area contributed by atoms with E-state index in [1.54, 1.807) is 0 Å². The number of fused-ring (bicyclic) bond motifs is 1. The van der Waals surface area contributed by atoms with Gasteiger partial charge in [-0.2, -0.15) is 13.2 Å². The zero-order chi connectivity index (χ0) is 22.7. The van der Waals surface area contributed by atoms with Crippen LogP contribution in [0.2, 0.25) is 0 Å². The summed E-state index contributed by atoms with van der Waals surface area (Å²) in [6.45, 7) is 5.29. The summed E-state index contributed by atoms with van der Waals surface area (Å²) in [4.78, 5) is 24.1. The van der Waals surface area contributed by atoms with E-state index < -0.39 is 11.7 Å². The second kappa shape index (κ2) is 7.87. The van der Waals surface area contributed by atoms with Crippen LogP contribution in [0.1, 0.15) is 38.2 Å². The van der Waals surface area contributed by atoms with Crippen LogP contribution in [0.25, 0.3) is 0 Å². The lowest BCUT2D eigenvalue weighted by atomic mass is 9.74. The summed E-state index contributed by atoms with van der Waals surface area (Å²) < 4.78 is 45.1. The lowest BCUT2D eigenvalue weighted by Crippen LogP contribution is -2.53. The predicted molar refractivity (Wildman–Crippen MR) is 113 cm³/mol. The van der Waals surface area contributed by atoms with Gasteiger partial charge in [0.05, 0.1) is 23.6 Å². The highest BCUT2D eigenvalue weighted by atomic mass is 19.4. The van der Waals surface area contributed by atoms with Crippen molar-refractivity contribution in [3.05, 3.63) is 23.9 Å². The maximum atomic E-state index is 13.6. The van der Waals surface area contributed by atoms with Gasteiger partial charge < -0.3 is 14.5 Å². The Morgan fingerprint density at radius 1 is 1.25 bits per heavy atom. The van der Waals surface area contributed by atoms with E-state index >= 15 is 0 Å². The number of anilines is 1. The number of likely N-dealkylation sites (N-methyl/N-ethyl adjacent to an activating group) is 1. The molecule has 5 rings (SSSR count). The number of nitrogens with zero attached hydrogens (tertiary/aromatic N) is 4. The molecule has 1 aromatic rings. The Hall–Kier alpha value is -1.87. The first-order chi connectivity index (χ1) is 15.2. The number of halogens is 3. The van der Waals surface area contributed by atoms with Crippen molar-refractivity contribution >= 4 is 11.7 Å². The topological polar surface area (TPSA) is 48.9 Å². The Balaban J connectivity index is 1.32. The van der Waals surface area contributed by atoms with Crippen molar-refractivity contribution in [2.24, 2.45) is 11.3 Å². The van der Waals surface area contributed by atoms with Crippen LogP contribution in [0, 0.1) is 11.3 Å². The number of piperazine rings is 1. The summed E-state index contributed by atoms with van der Waals surface area (Å²) in [5.74, 6) is 0.734. The maximum absolute atomic E-state index is 13.6. The van der Waals surface area contributed by atoms with Crippen LogP contribution in [0.15, 0.2) is 18.3 Å². The molecule has 4 heterocycles. The molecule has 0 N–H and O–H groups in total. The third-order valence-electron chi connectivity index (χ3n) is 8.53. The Labute approximate surface area is 186 Å². The molecule has 1 amide bonds. The van der Waals surface area contributed by atoms with Gasteiger partial charge in [-0.15, -0.1) is 0 Å². The zero-order valence-corrected chi connectivity index (χ0v) is 18.6. The summed E-state index contributed by atoms with van der Waals surface area (Å²) in [7, 11) is 2.15. The van der Waals surface area contributed by atoms with E-state index in [9.17, 15) is 18.0 Å². The normalized spacial score (nSPS) is 35.4. The minimum Gasteiger partial charge on any atom is -0.380 e. The average Bonchev–Trinajstić information content (AvgIpc) is 3.51. The van der Waals surface area contributed by atoms with Gasteiger partial charge in [-0.3, -0.25) is 9.69 Å². The smallest absolute Gasteiger partial charge is 0.380 e. The predicted octanol–water partition coefficient (Wildman–Crippen LogP) is 3.03. The number of ether oxygens (including phenoxy) is 1. The molecule has 3 saturated heterocycles. The van der Waals surface area contributed by atoms with E-state index in [1.165, 1.54) is 6.20 Å². The fourth-order valence-corrected chi connectivity index (χ4v) is 6.46. The molecular weight excluding hydrogens is 421 g/mol. The molecule has 4 fully saturated rings. The van der Waals surface area contributed by atoms with Gasteiger partial charge >= 0.3 is 6.18 Å². The van der Waals surface area contributed by atoms with Crippen molar-refractivity contribution in [3.8, 4) is 0 Å². The van der Waals surface area contributed by atoms with Crippen molar-refractivity contribution in [1.82, 2.24) is 14.8 Å². The second-order valence-electron chi connectivity index (χ2n) is 9.94. The first kappa shape index (κ1) is 21.9. The van der Waals surface area contributed by atoms with E-state index in [0.717, 1.165) is 51.0 Å². The molecule has 32 heavy (non-hydrogen) atoms. The Morgan fingerprint density at radius 3 is 2.78 bits per heavy atom. The highest BCUT2D eigenvalue weighted by molar-refractivity contribution is 5.87. The summed E-state index contributed by atoms with van der Waals surface area (Å²) in [5, 5.41) is 0. The Morgan fingerprint density at radius 2 is 2.06 bits per heavy atom. The van der Waals surface area contributed by atoms with Gasteiger partial charge in [0, 0.05) is 44.5 Å². The molecule has 0 aromatic carbocycles. The minimum atomic E-state index is -4.39. The fraction of sp³-hybridized carbons (Fsp3) is 0.739. The molecule has 1 aliphatic carbocycles. The average molecular weight is 453 g/mol. The lowest BCUT2D eigenvalue weighted by Gasteiger charge is -2.39. The van der Waals surface area contributed by atoms with Gasteiger partial charge in [-0.1, -0.05) is 6.92 Å². The van der Waals surface area contributed by atoms with E-state index in [4.69, 9.17) is 4.74 Å². The van der Waals surface area contributed by atoms with E-state index in [2.05, 4.69) is 23.9 Å². The number of alkyl halides is 3.